The summed E-state index contributed by atoms with van der Waals surface area (Å²) in [5.41, 5.74) is 4.06. The lowest BCUT2D eigenvalue weighted by molar-refractivity contribution is -0.111. The smallest absolute Gasteiger partial charge is 0.181 e. The molecule has 1 aromatic rings. The molecule has 0 bridgehead atoms. The lowest BCUT2D eigenvalue weighted by atomic mass is 9.89. The SMILES string of the molecule is C=C1CCC(c2ccncc2C)=CC1=O. The summed E-state index contributed by atoms with van der Waals surface area (Å²) < 4.78 is 0. The number of aromatic nitrogens is 1. The van der Waals surface area contributed by atoms with Crippen LogP contribution in [0.3, 0.4) is 0 Å². The van der Waals surface area contributed by atoms with Crippen molar-refractivity contribution in [3.05, 3.63) is 47.8 Å². The molecule has 2 nitrogen and oxygen atoms in total. The molecule has 2 heteroatoms. The summed E-state index contributed by atoms with van der Waals surface area (Å²) in [6.07, 6.45) is 6.96. The highest BCUT2D eigenvalue weighted by atomic mass is 16.1. The van der Waals surface area contributed by atoms with Gasteiger partial charge in [0.05, 0.1) is 0 Å². The molecule has 2 rings (SSSR count). The predicted octanol–water partition coefficient (Wildman–Crippen LogP) is 2.69. The first kappa shape index (κ1) is 9.84. The van der Waals surface area contributed by atoms with E-state index in [2.05, 4.69) is 11.6 Å². The summed E-state index contributed by atoms with van der Waals surface area (Å²) >= 11 is 0. The van der Waals surface area contributed by atoms with Gasteiger partial charge in [-0.3, -0.25) is 9.78 Å². The van der Waals surface area contributed by atoms with Crippen LogP contribution < -0.4 is 0 Å². The highest BCUT2D eigenvalue weighted by Gasteiger charge is 2.15. The number of hydrogen-bond acceptors (Lipinski definition) is 2. The van der Waals surface area contributed by atoms with Crippen molar-refractivity contribution in [2.45, 2.75) is 19.8 Å². The standard InChI is InChI=1S/C13H13NO/c1-9-3-4-11(7-13(9)15)12-5-6-14-8-10(12)2/h5-8H,1,3-4H2,2H3. The third-order valence-electron chi connectivity index (χ3n) is 2.72. The van der Waals surface area contributed by atoms with Crippen molar-refractivity contribution >= 4 is 11.4 Å². The largest absolute Gasteiger partial charge is 0.290 e. The Morgan fingerprint density at radius 1 is 1.40 bits per heavy atom. The molecule has 0 atom stereocenters. The Morgan fingerprint density at radius 2 is 2.20 bits per heavy atom. The molecule has 1 aliphatic carbocycles. The summed E-state index contributed by atoms with van der Waals surface area (Å²) in [5.74, 6) is 0.0625. The van der Waals surface area contributed by atoms with E-state index in [1.165, 1.54) is 0 Å². The van der Waals surface area contributed by atoms with Crippen LogP contribution in [-0.4, -0.2) is 10.8 Å². The van der Waals surface area contributed by atoms with Gasteiger partial charge < -0.3 is 0 Å². The van der Waals surface area contributed by atoms with Gasteiger partial charge in [-0.1, -0.05) is 6.58 Å². The van der Waals surface area contributed by atoms with Crippen LogP contribution in [0.4, 0.5) is 0 Å². The van der Waals surface area contributed by atoms with Crippen molar-refractivity contribution in [3.63, 3.8) is 0 Å². The monoisotopic (exact) mass is 199 g/mol. The Kier molecular flexibility index (Phi) is 2.50. The maximum absolute atomic E-state index is 11.5. The number of rotatable bonds is 1. The number of carbonyl (C=O) groups is 1. The molecule has 0 aromatic carbocycles. The average Bonchev–Trinajstić information content (AvgIpc) is 2.23. The Labute approximate surface area is 89.3 Å². The molecule has 0 spiro atoms. The van der Waals surface area contributed by atoms with Gasteiger partial charge in [0.15, 0.2) is 5.78 Å². The van der Waals surface area contributed by atoms with Crippen molar-refractivity contribution in [3.8, 4) is 0 Å². The van der Waals surface area contributed by atoms with Gasteiger partial charge in [-0.05, 0) is 54.2 Å². The topological polar surface area (TPSA) is 30.0 Å². The van der Waals surface area contributed by atoms with Gasteiger partial charge in [-0.2, -0.15) is 0 Å². The number of carbonyl (C=O) groups excluding carboxylic acids is 1. The number of nitrogens with zero attached hydrogens (tertiary/aromatic N) is 1. The van der Waals surface area contributed by atoms with Crippen molar-refractivity contribution in [2.75, 3.05) is 0 Å². The molecule has 0 saturated carbocycles. The van der Waals surface area contributed by atoms with E-state index in [4.69, 9.17) is 0 Å². The normalized spacial score (nSPS) is 16.5. The zero-order chi connectivity index (χ0) is 10.8. The molecule has 1 heterocycles. The van der Waals surface area contributed by atoms with Crippen LogP contribution in [0.25, 0.3) is 5.57 Å². The Morgan fingerprint density at radius 3 is 2.87 bits per heavy atom. The molecular weight excluding hydrogens is 186 g/mol. The van der Waals surface area contributed by atoms with Crippen LogP contribution in [0, 0.1) is 6.92 Å². The third kappa shape index (κ3) is 1.89. The molecule has 0 amide bonds. The summed E-state index contributed by atoms with van der Waals surface area (Å²) in [4.78, 5) is 15.5. The Balaban J connectivity index is 2.41. The fourth-order valence-corrected chi connectivity index (χ4v) is 1.79. The van der Waals surface area contributed by atoms with Crippen molar-refractivity contribution < 1.29 is 4.79 Å². The van der Waals surface area contributed by atoms with Crippen LogP contribution in [0.1, 0.15) is 24.0 Å². The van der Waals surface area contributed by atoms with Crippen molar-refractivity contribution in [2.24, 2.45) is 0 Å². The fraction of sp³-hybridized carbons (Fsp3) is 0.231. The van der Waals surface area contributed by atoms with Gasteiger partial charge >= 0.3 is 0 Å². The number of aryl methyl sites for hydroxylation is 1. The molecule has 0 unspecified atom stereocenters. The zero-order valence-electron chi connectivity index (χ0n) is 8.79. The van der Waals surface area contributed by atoms with Gasteiger partial charge in [-0.15, -0.1) is 0 Å². The second-order valence-electron chi connectivity index (χ2n) is 3.83. The fourth-order valence-electron chi connectivity index (χ4n) is 1.79. The molecule has 0 aliphatic heterocycles. The first-order chi connectivity index (χ1) is 7.18. The van der Waals surface area contributed by atoms with Gasteiger partial charge in [0.2, 0.25) is 0 Å². The molecular formula is C13H13NO. The van der Waals surface area contributed by atoms with E-state index < -0.39 is 0 Å². The number of allylic oxidation sites excluding steroid dienone is 3. The summed E-state index contributed by atoms with van der Waals surface area (Å²) in [6, 6.07) is 1.96. The second-order valence-corrected chi connectivity index (χ2v) is 3.83. The van der Waals surface area contributed by atoms with Crippen LogP contribution in [-0.2, 0) is 4.79 Å². The van der Waals surface area contributed by atoms with Crippen LogP contribution in [0.2, 0.25) is 0 Å². The maximum atomic E-state index is 11.5. The number of ketones is 1. The first-order valence-corrected chi connectivity index (χ1v) is 5.02. The van der Waals surface area contributed by atoms with E-state index >= 15 is 0 Å². The molecule has 76 valence electrons. The van der Waals surface area contributed by atoms with Crippen LogP contribution in [0.15, 0.2) is 36.7 Å². The number of pyridine rings is 1. The lowest BCUT2D eigenvalue weighted by Gasteiger charge is -2.15. The second kappa shape index (κ2) is 3.81. The van der Waals surface area contributed by atoms with Crippen molar-refractivity contribution in [1.82, 2.24) is 4.98 Å². The van der Waals surface area contributed by atoms with Crippen LogP contribution >= 0.6 is 0 Å². The van der Waals surface area contributed by atoms with E-state index in [0.29, 0.717) is 5.57 Å². The molecule has 1 aromatic heterocycles. The average molecular weight is 199 g/mol. The quantitative estimate of drug-likeness (QED) is 0.651. The highest BCUT2D eigenvalue weighted by molar-refractivity contribution is 6.09. The predicted molar refractivity (Wildman–Crippen MR) is 60.3 cm³/mol. The minimum absolute atomic E-state index is 0.0625. The van der Waals surface area contributed by atoms with Crippen LogP contribution in [0.5, 0.6) is 0 Å². The van der Waals surface area contributed by atoms with E-state index in [1.54, 1.807) is 12.3 Å². The van der Waals surface area contributed by atoms with Gasteiger partial charge in [-0.25, -0.2) is 0 Å². The highest BCUT2D eigenvalue weighted by Crippen LogP contribution is 2.28. The summed E-state index contributed by atoms with van der Waals surface area (Å²) in [6.45, 7) is 5.75. The zero-order valence-corrected chi connectivity index (χ0v) is 8.79. The van der Waals surface area contributed by atoms with E-state index in [0.717, 1.165) is 29.5 Å². The first-order valence-electron chi connectivity index (χ1n) is 5.02. The summed E-state index contributed by atoms with van der Waals surface area (Å²) in [7, 11) is 0. The molecule has 0 radical (unpaired) electrons. The van der Waals surface area contributed by atoms with E-state index in [1.807, 2.05) is 19.2 Å². The Bertz CT molecular complexity index is 457. The van der Waals surface area contributed by atoms with Gasteiger partial charge in [0.25, 0.3) is 0 Å². The van der Waals surface area contributed by atoms with Crippen molar-refractivity contribution in [1.29, 1.82) is 0 Å². The van der Waals surface area contributed by atoms with E-state index in [-0.39, 0.29) is 5.78 Å². The molecule has 0 fully saturated rings. The van der Waals surface area contributed by atoms with Gasteiger partial charge in [0.1, 0.15) is 0 Å². The Hall–Kier alpha value is -1.70. The molecule has 0 saturated heterocycles. The molecule has 0 N–H and O–H groups in total. The molecule has 15 heavy (non-hydrogen) atoms. The molecule has 1 aliphatic rings. The maximum Gasteiger partial charge on any atom is 0.181 e. The third-order valence-corrected chi connectivity index (χ3v) is 2.72. The van der Waals surface area contributed by atoms with E-state index in [9.17, 15) is 4.79 Å². The van der Waals surface area contributed by atoms with Gasteiger partial charge in [0, 0.05) is 12.4 Å². The minimum atomic E-state index is 0.0625. The summed E-state index contributed by atoms with van der Waals surface area (Å²) in [5, 5.41) is 0. The minimum Gasteiger partial charge on any atom is -0.290 e. The number of hydrogen-bond donors (Lipinski definition) is 0. The lowest BCUT2D eigenvalue weighted by Crippen LogP contribution is -2.06.